The normalized spacial score (nSPS) is 10.3. The summed E-state index contributed by atoms with van der Waals surface area (Å²) < 4.78 is 5.24. The standard InChI is InChI=1S/C12H23N3O2/c1-4-17-11-10-14(2)9-6-12(16)15(3)8-5-7-13/h4-6,8-11H2,1-3H3. The first-order valence-corrected chi connectivity index (χ1v) is 5.99. The van der Waals surface area contributed by atoms with Gasteiger partial charge in [0.25, 0.3) is 0 Å². The molecule has 0 saturated carbocycles. The van der Waals surface area contributed by atoms with Gasteiger partial charge in [-0.2, -0.15) is 5.26 Å². The average molecular weight is 241 g/mol. The Morgan fingerprint density at radius 3 is 2.59 bits per heavy atom. The minimum Gasteiger partial charge on any atom is -0.380 e. The van der Waals surface area contributed by atoms with Gasteiger partial charge in [0.1, 0.15) is 0 Å². The van der Waals surface area contributed by atoms with Crippen LogP contribution in [-0.2, 0) is 9.53 Å². The van der Waals surface area contributed by atoms with E-state index in [1.165, 1.54) is 0 Å². The number of amides is 1. The molecule has 0 atom stereocenters. The van der Waals surface area contributed by atoms with Crippen molar-refractivity contribution in [2.24, 2.45) is 0 Å². The van der Waals surface area contributed by atoms with E-state index in [9.17, 15) is 4.79 Å². The fraction of sp³-hybridized carbons (Fsp3) is 0.833. The van der Waals surface area contributed by atoms with Crippen molar-refractivity contribution in [1.29, 1.82) is 5.26 Å². The van der Waals surface area contributed by atoms with Crippen LogP contribution in [0.1, 0.15) is 19.8 Å². The zero-order chi connectivity index (χ0) is 13.1. The average Bonchev–Trinajstić information content (AvgIpc) is 2.33. The Labute approximate surface area is 104 Å². The van der Waals surface area contributed by atoms with E-state index in [0.717, 1.165) is 19.7 Å². The number of nitriles is 1. The molecule has 0 aliphatic carbocycles. The Morgan fingerprint density at radius 2 is 2.00 bits per heavy atom. The molecule has 0 spiro atoms. The summed E-state index contributed by atoms with van der Waals surface area (Å²) in [4.78, 5) is 15.3. The molecular formula is C12H23N3O2. The van der Waals surface area contributed by atoms with Crippen molar-refractivity contribution >= 4 is 5.91 Å². The second-order valence-corrected chi connectivity index (χ2v) is 3.97. The quantitative estimate of drug-likeness (QED) is 0.558. The van der Waals surface area contributed by atoms with Crippen molar-refractivity contribution in [3.8, 4) is 6.07 Å². The molecule has 0 aromatic heterocycles. The maximum atomic E-state index is 11.6. The van der Waals surface area contributed by atoms with Crippen LogP contribution in [0.15, 0.2) is 0 Å². The third-order valence-corrected chi connectivity index (χ3v) is 2.51. The Morgan fingerprint density at radius 1 is 1.29 bits per heavy atom. The molecule has 0 bridgehead atoms. The molecule has 5 heteroatoms. The molecule has 0 N–H and O–H groups in total. The second kappa shape index (κ2) is 10.1. The highest BCUT2D eigenvalue weighted by atomic mass is 16.5. The maximum Gasteiger partial charge on any atom is 0.223 e. The van der Waals surface area contributed by atoms with Crippen LogP contribution in [0.4, 0.5) is 0 Å². The molecule has 0 heterocycles. The summed E-state index contributed by atoms with van der Waals surface area (Å²) in [7, 11) is 3.71. The number of carbonyl (C=O) groups is 1. The van der Waals surface area contributed by atoms with Crippen molar-refractivity contribution in [3.05, 3.63) is 0 Å². The molecule has 1 amide bonds. The van der Waals surface area contributed by atoms with E-state index in [-0.39, 0.29) is 5.91 Å². The molecule has 0 unspecified atom stereocenters. The molecule has 98 valence electrons. The van der Waals surface area contributed by atoms with Gasteiger partial charge >= 0.3 is 0 Å². The number of carbonyl (C=O) groups excluding carboxylic acids is 1. The molecule has 0 aromatic rings. The van der Waals surface area contributed by atoms with E-state index in [2.05, 4.69) is 4.90 Å². The van der Waals surface area contributed by atoms with E-state index in [0.29, 0.717) is 26.0 Å². The zero-order valence-corrected chi connectivity index (χ0v) is 11.1. The molecular weight excluding hydrogens is 218 g/mol. The molecule has 17 heavy (non-hydrogen) atoms. The lowest BCUT2D eigenvalue weighted by Crippen LogP contribution is -2.32. The molecule has 0 saturated heterocycles. The molecule has 0 aromatic carbocycles. The van der Waals surface area contributed by atoms with Gasteiger partial charge in [-0.25, -0.2) is 0 Å². The van der Waals surface area contributed by atoms with Crippen LogP contribution in [0.25, 0.3) is 0 Å². The van der Waals surface area contributed by atoms with Gasteiger partial charge in [-0.3, -0.25) is 4.79 Å². The van der Waals surface area contributed by atoms with Crippen LogP contribution in [0.5, 0.6) is 0 Å². The summed E-state index contributed by atoms with van der Waals surface area (Å²) in [6.45, 7) is 5.46. The fourth-order valence-corrected chi connectivity index (χ4v) is 1.30. The van der Waals surface area contributed by atoms with Gasteiger partial charge in [0.15, 0.2) is 0 Å². The molecule has 0 radical (unpaired) electrons. The summed E-state index contributed by atoms with van der Waals surface area (Å²) >= 11 is 0. The van der Waals surface area contributed by atoms with E-state index in [1.807, 2.05) is 20.0 Å². The highest BCUT2D eigenvalue weighted by Crippen LogP contribution is 1.95. The largest absolute Gasteiger partial charge is 0.380 e. The minimum absolute atomic E-state index is 0.0866. The predicted octanol–water partition coefficient (Wildman–Crippen LogP) is 0.717. The maximum absolute atomic E-state index is 11.6. The molecule has 0 fully saturated rings. The summed E-state index contributed by atoms with van der Waals surface area (Å²) in [5.41, 5.74) is 0. The lowest BCUT2D eigenvalue weighted by molar-refractivity contribution is -0.130. The third-order valence-electron chi connectivity index (χ3n) is 2.51. The van der Waals surface area contributed by atoms with Crippen LogP contribution < -0.4 is 0 Å². The Hall–Kier alpha value is -1.12. The number of hydrogen-bond acceptors (Lipinski definition) is 4. The number of hydrogen-bond donors (Lipinski definition) is 0. The molecule has 0 rings (SSSR count). The van der Waals surface area contributed by atoms with Crippen LogP contribution >= 0.6 is 0 Å². The Kier molecular flexibility index (Phi) is 9.40. The number of nitrogens with zero attached hydrogens (tertiary/aromatic N) is 3. The van der Waals surface area contributed by atoms with Crippen LogP contribution in [0, 0.1) is 11.3 Å². The van der Waals surface area contributed by atoms with Crippen LogP contribution in [0.3, 0.4) is 0 Å². The first-order valence-electron chi connectivity index (χ1n) is 5.99. The molecule has 0 aliphatic heterocycles. The summed E-state index contributed by atoms with van der Waals surface area (Å²) in [5.74, 6) is 0.0866. The predicted molar refractivity (Wildman–Crippen MR) is 66.5 cm³/mol. The van der Waals surface area contributed by atoms with E-state index in [4.69, 9.17) is 10.00 Å². The van der Waals surface area contributed by atoms with E-state index < -0.39 is 0 Å². The first-order chi connectivity index (χ1) is 8.11. The van der Waals surface area contributed by atoms with Gasteiger partial charge in [-0.1, -0.05) is 0 Å². The monoisotopic (exact) mass is 241 g/mol. The zero-order valence-electron chi connectivity index (χ0n) is 11.1. The summed E-state index contributed by atoms with van der Waals surface area (Å²) in [5, 5.41) is 8.43. The lowest BCUT2D eigenvalue weighted by Gasteiger charge is -2.19. The van der Waals surface area contributed by atoms with Crippen molar-refractivity contribution in [2.45, 2.75) is 19.8 Å². The smallest absolute Gasteiger partial charge is 0.223 e. The van der Waals surface area contributed by atoms with Crippen molar-refractivity contribution < 1.29 is 9.53 Å². The SMILES string of the molecule is CCOCCN(C)CCC(=O)N(C)CCC#N. The van der Waals surface area contributed by atoms with Crippen molar-refractivity contribution in [2.75, 3.05) is 46.9 Å². The number of likely N-dealkylation sites (N-methyl/N-ethyl adjacent to an activating group) is 1. The van der Waals surface area contributed by atoms with E-state index in [1.54, 1.807) is 11.9 Å². The molecule has 5 nitrogen and oxygen atoms in total. The highest BCUT2D eigenvalue weighted by Gasteiger charge is 2.09. The van der Waals surface area contributed by atoms with Gasteiger partial charge in [-0.05, 0) is 14.0 Å². The fourth-order valence-electron chi connectivity index (χ4n) is 1.30. The van der Waals surface area contributed by atoms with Crippen molar-refractivity contribution in [3.63, 3.8) is 0 Å². The van der Waals surface area contributed by atoms with E-state index >= 15 is 0 Å². The van der Waals surface area contributed by atoms with Gasteiger partial charge in [0.05, 0.1) is 19.1 Å². The van der Waals surface area contributed by atoms with Crippen molar-refractivity contribution in [1.82, 2.24) is 9.80 Å². The van der Waals surface area contributed by atoms with Gasteiger partial charge in [-0.15, -0.1) is 0 Å². The van der Waals surface area contributed by atoms with Crippen LogP contribution in [-0.4, -0.2) is 62.7 Å². The third kappa shape index (κ3) is 8.66. The van der Waals surface area contributed by atoms with Gasteiger partial charge in [0, 0.05) is 39.7 Å². The highest BCUT2D eigenvalue weighted by molar-refractivity contribution is 5.76. The van der Waals surface area contributed by atoms with Gasteiger partial charge in [0.2, 0.25) is 5.91 Å². The lowest BCUT2D eigenvalue weighted by atomic mass is 10.3. The van der Waals surface area contributed by atoms with Crippen LogP contribution in [0.2, 0.25) is 0 Å². The first kappa shape index (κ1) is 15.9. The number of rotatable bonds is 9. The van der Waals surface area contributed by atoms with Gasteiger partial charge < -0.3 is 14.5 Å². The minimum atomic E-state index is 0.0866. The summed E-state index contributed by atoms with van der Waals surface area (Å²) in [6, 6.07) is 2.03. The topological polar surface area (TPSA) is 56.6 Å². The molecule has 0 aliphatic rings. The Balaban J connectivity index is 3.64. The Bertz CT molecular complexity index is 251. The summed E-state index contributed by atoms with van der Waals surface area (Å²) in [6.07, 6.45) is 0.882. The second-order valence-electron chi connectivity index (χ2n) is 3.97. The number of ether oxygens (including phenoxy) is 1.